The van der Waals surface area contributed by atoms with Gasteiger partial charge in [0.2, 0.25) is 5.91 Å². The summed E-state index contributed by atoms with van der Waals surface area (Å²) in [7, 11) is 0. The van der Waals surface area contributed by atoms with Crippen molar-refractivity contribution < 1.29 is 14.4 Å². The average molecular weight is 470 g/mol. The van der Waals surface area contributed by atoms with Crippen molar-refractivity contribution in [1.82, 2.24) is 4.90 Å². The average Bonchev–Trinajstić information content (AvgIpc) is 3.23. The van der Waals surface area contributed by atoms with Crippen LogP contribution in [0, 0.1) is 0 Å². The summed E-state index contributed by atoms with van der Waals surface area (Å²) in [4.78, 5) is 39.1. The molecule has 180 valence electrons. The van der Waals surface area contributed by atoms with Crippen LogP contribution >= 0.6 is 0 Å². The van der Waals surface area contributed by atoms with E-state index in [4.69, 9.17) is 0 Å². The normalized spacial score (nSPS) is 13.6. The van der Waals surface area contributed by atoms with Crippen LogP contribution in [0.5, 0.6) is 0 Å². The first kappa shape index (κ1) is 24.2. The Bertz CT molecular complexity index is 1230. The lowest BCUT2D eigenvalue weighted by Gasteiger charge is -2.19. The van der Waals surface area contributed by atoms with Crippen molar-refractivity contribution in [3.05, 3.63) is 95.1 Å². The van der Waals surface area contributed by atoms with E-state index in [2.05, 4.69) is 31.4 Å². The van der Waals surface area contributed by atoms with Crippen LogP contribution in [0.4, 0.5) is 11.4 Å². The maximum atomic E-state index is 12.7. The zero-order valence-electron chi connectivity index (χ0n) is 20.4. The van der Waals surface area contributed by atoms with E-state index in [9.17, 15) is 14.4 Å². The molecule has 6 nitrogen and oxygen atoms in total. The van der Waals surface area contributed by atoms with Crippen LogP contribution in [-0.4, -0.2) is 29.2 Å². The van der Waals surface area contributed by atoms with Crippen molar-refractivity contribution in [2.24, 2.45) is 0 Å². The summed E-state index contributed by atoms with van der Waals surface area (Å²) in [5, 5.41) is 5.77. The lowest BCUT2D eigenvalue weighted by molar-refractivity contribution is -0.128. The number of nitrogens with zero attached hydrogens (tertiary/aromatic N) is 1. The summed E-state index contributed by atoms with van der Waals surface area (Å²) < 4.78 is 0. The zero-order valence-corrected chi connectivity index (χ0v) is 20.4. The van der Waals surface area contributed by atoms with E-state index in [0.29, 0.717) is 35.5 Å². The van der Waals surface area contributed by atoms with Gasteiger partial charge in [-0.3, -0.25) is 14.4 Å². The number of hydrogen-bond donors (Lipinski definition) is 2. The van der Waals surface area contributed by atoms with E-state index in [1.165, 1.54) is 0 Å². The second-order valence-corrected chi connectivity index (χ2v) is 9.93. The molecule has 3 amide bonds. The number of likely N-dealkylation sites (tertiary alicyclic amines) is 1. The van der Waals surface area contributed by atoms with Crippen LogP contribution in [0.1, 0.15) is 65.5 Å². The van der Waals surface area contributed by atoms with E-state index < -0.39 is 0 Å². The van der Waals surface area contributed by atoms with Gasteiger partial charge in [0.25, 0.3) is 11.8 Å². The first-order chi connectivity index (χ1) is 16.7. The van der Waals surface area contributed by atoms with Crippen LogP contribution in [-0.2, 0) is 16.8 Å². The van der Waals surface area contributed by atoms with Crippen LogP contribution in [0.25, 0.3) is 0 Å². The summed E-state index contributed by atoms with van der Waals surface area (Å²) in [5.41, 5.74) is 4.46. The molecule has 3 aromatic rings. The molecule has 0 aliphatic carbocycles. The standard InChI is InChI=1S/C29H31N3O3/c1-29(2,3)23-15-13-22(14-16-23)28(35)31-25-7-4-6-24(18-25)30-27(34)21-11-9-20(10-12-21)19-32-17-5-8-26(32)33/h4,6-7,9-16,18H,5,8,17,19H2,1-3H3,(H,30,34)(H,31,35). The molecule has 1 fully saturated rings. The fourth-order valence-corrected chi connectivity index (χ4v) is 4.06. The Morgan fingerprint density at radius 2 is 1.37 bits per heavy atom. The number of nitrogens with one attached hydrogen (secondary N) is 2. The monoisotopic (exact) mass is 469 g/mol. The highest BCUT2D eigenvalue weighted by molar-refractivity contribution is 6.06. The third kappa shape index (κ3) is 6.15. The molecular formula is C29H31N3O3. The minimum Gasteiger partial charge on any atom is -0.338 e. The lowest BCUT2D eigenvalue weighted by Crippen LogP contribution is -2.23. The topological polar surface area (TPSA) is 78.5 Å². The first-order valence-electron chi connectivity index (χ1n) is 11.9. The molecule has 1 aliphatic heterocycles. The van der Waals surface area contributed by atoms with Crippen LogP contribution < -0.4 is 10.6 Å². The highest BCUT2D eigenvalue weighted by Crippen LogP contribution is 2.23. The van der Waals surface area contributed by atoms with Gasteiger partial charge in [0.05, 0.1) is 0 Å². The van der Waals surface area contributed by atoms with Gasteiger partial charge in [0, 0.05) is 42.0 Å². The molecule has 35 heavy (non-hydrogen) atoms. The summed E-state index contributed by atoms with van der Waals surface area (Å²) in [6, 6.07) is 21.9. The Kier molecular flexibility index (Phi) is 7.01. The van der Waals surface area contributed by atoms with Crippen LogP contribution in [0.2, 0.25) is 0 Å². The molecule has 1 heterocycles. The Balaban J connectivity index is 1.36. The third-order valence-corrected chi connectivity index (χ3v) is 6.15. The summed E-state index contributed by atoms with van der Waals surface area (Å²) in [6.07, 6.45) is 1.52. The van der Waals surface area contributed by atoms with Crippen molar-refractivity contribution >= 4 is 29.1 Å². The minimum atomic E-state index is -0.241. The summed E-state index contributed by atoms with van der Waals surface area (Å²) in [6.45, 7) is 7.75. The Morgan fingerprint density at radius 1 is 0.829 bits per heavy atom. The van der Waals surface area contributed by atoms with Crippen molar-refractivity contribution in [3.63, 3.8) is 0 Å². The van der Waals surface area contributed by atoms with E-state index >= 15 is 0 Å². The Labute approximate surface area is 206 Å². The minimum absolute atomic E-state index is 0.0226. The summed E-state index contributed by atoms with van der Waals surface area (Å²) in [5.74, 6) is -0.267. The molecule has 0 unspecified atom stereocenters. The number of carbonyl (C=O) groups is 3. The second-order valence-electron chi connectivity index (χ2n) is 9.93. The molecule has 3 aromatic carbocycles. The molecule has 1 saturated heterocycles. The summed E-state index contributed by atoms with van der Waals surface area (Å²) >= 11 is 0. The first-order valence-corrected chi connectivity index (χ1v) is 11.9. The third-order valence-electron chi connectivity index (χ3n) is 6.15. The van der Waals surface area contributed by atoms with Crippen molar-refractivity contribution in [2.45, 2.75) is 45.6 Å². The van der Waals surface area contributed by atoms with Gasteiger partial charge in [-0.2, -0.15) is 0 Å². The molecule has 6 heteroatoms. The van der Waals surface area contributed by atoms with Crippen molar-refractivity contribution in [2.75, 3.05) is 17.2 Å². The number of amides is 3. The predicted octanol–water partition coefficient (Wildman–Crippen LogP) is 5.61. The van der Waals surface area contributed by atoms with Gasteiger partial charge < -0.3 is 15.5 Å². The van der Waals surface area contributed by atoms with Gasteiger partial charge >= 0.3 is 0 Å². The van der Waals surface area contributed by atoms with Gasteiger partial charge in [-0.15, -0.1) is 0 Å². The van der Waals surface area contributed by atoms with Crippen molar-refractivity contribution in [1.29, 1.82) is 0 Å². The van der Waals surface area contributed by atoms with Crippen LogP contribution in [0.3, 0.4) is 0 Å². The number of benzene rings is 3. The zero-order chi connectivity index (χ0) is 25.0. The quantitative estimate of drug-likeness (QED) is 0.492. The predicted molar refractivity (Wildman–Crippen MR) is 139 cm³/mol. The van der Waals surface area contributed by atoms with Crippen molar-refractivity contribution in [3.8, 4) is 0 Å². The molecule has 0 radical (unpaired) electrons. The van der Waals surface area contributed by atoms with Gasteiger partial charge in [0.15, 0.2) is 0 Å². The number of rotatable bonds is 6. The fourth-order valence-electron chi connectivity index (χ4n) is 4.06. The number of hydrogen-bond acceptors (Lipinski definition) is 3. The highest BCUT2D eigenvalue weighted by atomic mass is 16.2. The largest absolute Gasteiger partial charge is 0.338 e. The highest BCUT2D eigenvalue weighted by Gasteiger charge is 2.20. The van der Waals surface area contributed by atoms with E-state index in [1.54, 1.807) is 36.4 Å². The molecular weight excluding hydrogens is 438 g/mol. The van der Waals surface area contributed by atoms with E-state index in [-0.39, 0.29) is 23.1 Å². The maximum Gasteiger partial charge on any atom is 0.255 e. The Morgan fingerprint density at radius 3 is 1.86 bits per heavy atom. The van der Waals surface area contributed by atoms with Gasteiger partial charge in [-0.1, -0.05) is 51.1 Å². The Hall–Kier alpha value is -3.93. The van der Waals surface area contributed by atoms with Gasteiger partial charge in [-0.05, 0) is 65.4 Å². The molecule has 1 aliphatic rings. The van der Waals surface area contributed by atoms with E-state index in [0.717, 1.165) is 24.1 Å². The smallest absolute Gasteiger partial charge is 0.255 e. The van der Waals surface area contributed by atoms with Gasteiger partial charge in [-0.25, -0.2) is 0 Å². The van der Waals surface area contributed by atoms with Crippen LogP contribution in [0.15, 0.2) is 72.8 Å². The number of anilines is 2. The molecule has 0 spiro atoms. The molecule has 0 aromatic heterocycles. The molecule has 2 N–H and O–H groups in total. The fraction of sp³-hybridized carbons (Fsp3) is 0.276. The SMILES string of the molecule is CC(C)(C)c1ccc(C(=O)Nc2cccc(NC(=O)c3ccc(CN4CCCC4=O)cc3)c2)cc1. The van der Waals surface area contributed by atoms with E-state index in [1.807, 2.05) is 41.3 Å². The maximum absolute atomic E-state index is 12.7. The molecule has 0 bridgehead atoms. The second kappa shape index (κ2) is 10.1. The molecule has 0 saturated carbocycles. The number of carbonyl (C=O) groups excluding carboxylic acids is 3. The molecule has 0 atom stereocenters. The molecule has 4 rings (SSSR count). The lowest BCUT2D eigenvalue weighted by atomic mass is 9.87. The van der Waals surface area contributed by atoms with Gasteiger partial charge in [0.1, 0.15) is 0 Å².